The van der Waals surface area contributed by atoms with Crippen LogP contribution in [0.1, 0.15) is 38.4 Å². The summed E-state index contributed by atoms with van der Waals surface area (Å²) in [7, 11) is 0. The lowest BCUT2D eigenvalue weighted by Gasteiger charge is -2.08. The van der Waals surface area contributed by atoms with E-state index in [9.17, 15) is 9.59 Å². The molecule has 1 aromatic heterocycles. The van der Waals surface area contributed by atoms with Crippen LogP contribution in [0.4, 0.5) is 0 Å². The summed E-state index contributed by atoms with van der Waals surface area (Å²) in [6, 6.07) is 21.9. The van der Waals surface area contributed by atoms with Gasteiger partial charge >= 0.3 is 0 Å². The van der Waals surface area contributed by atoms with Gasteiger partial charge in [-0.05, 0) is 37.0 Å². The van der Waals surface area contributed by atoms with Crippen molar-refractivity contribution in [3.05, 3.63) is 101 Å². The van der Waals surface area contributed by atoms with Gasteiger partial charge in [0.05, 0.1) is 0 Å². The maximum atomic E-state index is 12.6. The standard InChI is InChI=1S/C22H19NO2/c24-21(18-10-2-1-3-11-18)22(25)20-15-5-4-9-17(20)12-8-14-19-13-6-7-16-23-19/h1-7,9-11,13,15-16H,8,12,14H2. The van der Waals surface area contributed by atoms with E-state index in [1.807, 2.05) is 36.4 Å². The van der Waals surface area contributed by atoms with Gasteiger partial charge in [-0.2, -0.15) is 0 Å². The van der Waals surface area contributed by atoms with E-state index in [-0.39, 0.29) is 0 Å². The molecule has 0 saturated heterocycles. The highest BCUT2D eigenvalue weighted by atomic mass is 16.2. The Bertz CT molecular complexity index is 857. The molecule has 0 atom stereocenters. The van der Waals surface area contributed by atoms with Gasteiger partial charge < -0.3 is 0 Å². The second kappa shape index (κ2) is 8.15. The fourth-order valence-electron chi connectivity index (χ4n) is 2.81. The van der Waals surface area contributed by atoms with Crippen LogP contribution in [-0.4, -0.2) is 16.6 Å². The number of benzene rings is 2. The molecule has 0 bridgehead atoms. The van der Waals surface area contributed by atoms with Crippen molar-refractivity contribution in [1.29, 1.82) is 0 Å². The van der Waals surface area contributed by atoms with Gasteiger partial charge in [-0.1, -0.05) is 60.7 Å². The zero-order valence-corrected chi connectivity index (χ0v) is 13.9. The third kappa shape index (κ3) is 4.27. The topological polar surface area (TPSA) is 47.0 Å². The summed E-state index contributed by atoms with van der Waals surface area (Å²) in [5, 5.41) is 0. The first-order valence-corrected chi connectivity index (χ1v) is 8.37. The number of aryl methyl sites for hydroxylation is 2. The Morgan fingerprint density at radius 3 is 2.20 bits per heavy atom. The van der Waals surface area contributed by atoms with Gasteiger partial charge in [0.25, 0.3) is 0 Å². The molecule has 25 heavy (non-hydrogen) atoms. The fourth-order valence-corrected chi connectivity index (χ4v) is 2.81. The van der Waals surface area contributed by atoms with E-state index in [0.717, 1.165) is 30.5 Å². The predicted molar refractivity (Wildman–Crippen MR) is 97.8 cm³/mol. The Morgan fingerprint density at radius 2 is 1.44 bits per heavy atom. The fraction of sp³-hybridized carbons (Fsp3) is 0.136. The molecule has 0 unspecified atom stereocenters. The number of aromatic nitrogens is 1. The Morgan fingerprint density at radius 1 is 0.720 bits per heavy atom. The monoisotopic (exact) mass is 329 g/mol. The van der Waals surface area contributed by atoms with Gasteiger partial charge in [0.2, 0.25) is 11.6 Å². The minimum atomic E-state index is -0.460. The molecule has 0 aliphatic heterocycles. The molecule has 3 aromatic rings. The second-order valence-electron chi connectivity index (χ2n) is 5.86. The Balaban J connectivity index is 1.72. The van der Waals surface area contributed by atoms with Crippen LogP contribution in [0.2, 0.25) is 0 Å². The second-order valence-corrected chi connectivity index (χ2v) is 5.86. The molecular formula is C22H19NO2. The van der Waals surface area contributed by atoms with Crippen molar-refractivity contribution in [1.82, 2.24) is 4.98 Å². The van der Waals surface area contributed by atoms with Gasteiger partial charge in [0, 0.05) is 23.0 Å². The number of ketones is 2. The summed E-state index contributed by atoms with van der Waals surface area (Å²) in [5.74, 6) is -0.905. The first-order valence-electron chi connectivity index (χ1n) is 8.37. The third-order valence-electron chi connectivity index (χ3n) is 4.11. The average Bonchev–Trinajstić information content (AvgIpc) is 2.69. The molecule has 3 nitrogen and oxygen atoms in total. The van der Waals surface area contributed by atoms with Gasteiger partial charge in [-0.25, -0.2) is 0 Å². The SMILES string of the molecule is O=C(C(=O)c1ccccc1CCCc1ccccn1)c1ccccc1. The predicted octanol–water partition coefficient (Wildman–Crippen LogP) is 4.32. The Kier molecular flexibility index (Phi) is 5.47. The molecule has 0 fully saturated rings. The van der Waals surface area contributed by atoms with E-state index in [0.29, 0.717) is 11.1 Å². The smallest absolute Gasteiger partial charge is 0.233 e. The van der Waals surface area contributed by atoms with Crippen LogP contribution >= 0.6 is 0 Å². The van der Waals surface area contributed by atoms with Crippen LogP contribution < -0.4 is 0 Å². The molecule has 0 amide bonds. The van der Waals surface area contributed by atoms with Crippen molar-refractivity contribution in [2.75, 3.05) is 0 Å². The number of carbonyl (C=O) groups excluding carboxylic acids is 2. The van der Waals surface area contributed by atoms with Crippen LogP contribution in [-0.2, 0) is 12.8 Å². The molecule has 0 aliphatic rings. The van der Waals surface area contributed by atoms with Crippen LogP contribution in [0, 0.1) is 0 Å². The van der Waals surface area contributed by atoms with Gasteiger partial charge in [-0.3, -0.25) is 14.6 Å². The highest BCUT2D eigenvalue weighted by molar-refractivity contribution is 6.49. The number of nitrogens with zero attached hydrogens (tertiary/aromatic N) is 1. The Hall–Kier alpha value is -3.07. The maximum Gasteiger partial charge on any atom is 0.233 e. The van der Waals surface area contributed by atoms with Crippen LogP contribution in [0.5, 0.6) is 0 Å². The van der Waals surface area contributed by atoms with Gasteiger partial charge in [0.1, 0.15) is 0 Å². The number of Topliss-reactive ketones (excluding diaryl/α,β-unsaturated/α-hetero) is 2. The normalized spacial score (nSPS) is 10.4. The number of pyridine rings is 1. The minimum Gasteiger partial charge on any atom is -0.285 e. The molecule has 0 saturated carbocycles. The number of carbonyl (C=O) groups is 2. The summed E-state index contributed by atoms with van der Waals surface area (Å²) >= 11 is 0. The van der Waals surface area contributed by atoms with Gasteiger partial charge in [-0.15, -0.1) is 0 Å². The summed E-state index contributed by atoms with van der Waals surface area (Å²) < 4.78 is 0. The molecule has 1 heterocycles. The van der Waals surface area contributed by atoms with Crippen molar-refractivity contribution >= 4 is 11.6 Å². The van der Waals surface area contributed by atoms with Crippen LogP contribution in [0.3, 0.4) is 0 Å². The molecule has 3 heteroatoms. The molecule has 0 N–H and O–H groups in total. The van der Waals surface area contributed by atoms with E-state index >= 15 is 0 Å². The lowest BCUT2D eigenvalue weighted by molar-refractivity contribution is 0.0816. The number of hydrogen-bond donors (Lipinski definition) is 0. The first-order chi connectivity index (χ1) is 12.3. The molecule has 3 rings (SSSR count). The molecule has 2 aromatic carbocycles. The summed E-state index contributed by atoms with van der Waals surface area (Å²) in [4.78, 5) is 29.4. The number of hydrogen-bond acceptors (Lipinski definition) is 3. The zero-order chi connectivity index (χ0) is 17.5. The summed E-state index contributed by atoms with van der Waals surface area (Å²) in [5.41, 5.74) is 2.87. The molecule has 0 radical (unpaired) electrons. The van der Waals surface area contributed by atoms with E-state index in [1.165, 1.54) is 0 Å². The number of rotatable bonds is 7. The highest BCUT2D eigenvalue weighted by Gasteiger charge is 2.20. The van der Waals surface area contributed by atoms with E-state index in [1.54, 1.807) is 42.6 Å². The molecule has 124 valence electrons. The van der Waals surface area contributed by atoms with Crippen molar-refractivity contribution in [3.8, 4) is 0 Å². The Labute approximate surface area is 147 Å². The lowest BCUT2D eigenvalue weighted by atomic mass is 9.94. The average molecular weight is 329 g/mol. The largest absolute Gasteiger partial charge is 0.285 e. The van der Waals surface area contributed by atoms with E-state index < -0.39 is 11.6 Å². The van der Waals surface area contributed by atoms with Crippen molar-refractivity contribution in [3.63, 3.8) is 0 Å². The molecular weight excluding hydrogens is 310 g/mol. The summed E-state index contributed by atoms with van der Waals surface area (Å²) in [6.07, 6.45) is 4.24. The quantitative estimate of drug-likeness (QED) is 0.479. The minimum absolute atomic E-state index is 0.427. The first kappa shape index (κ1) is 16.8. The van der Waals surface area contributed by atoms with Crippen LogP contribution in [0.25, 0.3) is 0 Å². The lowest BCUT2D eigenvalue weighted by Crippen LogP contribution is -2.16. The van der Waals surface area contributed by atoms with E-state index in [4.69, 9.17) is 0 Å². The van der Waals surface area contributed by atoms with Crippen molar-refractivity contribution in [2.45, 2.75) is 19.3 Å². The third-order valence-corrected chi connectivity index (χ3v) is 4.11. The van der Waals surface area contributed by atoms with Gasteiger partial charge in [0.15, 0.2) is 0 Å². The highest BCUT2D eigenvalue weighted by Crippen LogP contribution is 2.16. The maximum absolute atomic E-state index is 12.6. The zero-order valence-electron chi connectivity index (χ0n) is 13.9. The summed E-state index contributed by atoms with van der Waals surface area (Å²) in [6.45, 7) is 0. The van der Waals surface area contributed by atoms with E-state index in [2.05, 4.69) is 4.98 Å². The molecule has 0 spiro atoms. The van der Waals surface area contributed by atoms with Crippen molar-refractivity contribution < 1.29 is 9.59 Å². The van der Waals surface area contributed by atoms with Crippen molar-refractivity contribution in [2.24, 2.45) is 0 Å². The molecule has 0 aliphatic carbocycles. The van der Waals surface area contributed by atoms with Crippen LogP contribution in [0.15, 0.2) is 79.0 Å².